The van der Waals surface area contributed by atoms with Crippen LogP contribution in [0, 0.1) is 0 Å². The van der Waals surface area contributed by atoms with E-state index in [1.807, 2.05) is 48.5 Å². The molecule has 0 radical (unpaired) electrons. The van der Waals surface area contributed by atoms with Gasteiger partial charge in [-0.25, -0.2) is 4.98 Å². The largest absolute Gasteiger partial charge is 0.488 e. The number of anilines is 1. The first-order chi connectivity index (χ1) is 15.2. The summed E-state index contributed by atoms with van der Waals surface area (Å²) >= 11 is 6.20. The Morgan fingerprint density at radius 2 is 1.87 bits per heavy atom. The molecular formula is C24H24ClN3O3. The van der Waals surface area contributed by atoms with Crippen molar-refractivity contribution < 1.29 is 14.3 Å². The van der Waals surface area contributed by atoms with Crippen LogP contribution in [0.25, 0.3) is 0 Å². The van der Waals surface area contributed by atoms with Crippen molar-refractivity contribution in [2.24, 2.45) is 0 Å². The molecule has 0 bridgehead atoms. The molecule has 3 aromatic rings. The topological polar surface area (TPSA) is 63.7 Å². The number of morpholine rings is 1. The molecule has 1 aromatic heterocycles. The zero-order valence-corrected chi connectivity index (χ0v) is 17.8. The fraction of sp³-hybridized carbons (Fsp3) is 0.250. The molecule has 1 N–H and O–H groups in total. The summed E-state index contributed by atoms with van der Waals surface area (Å²) in [5, 5.41) is 3.62. The average molecular weight is 438 g/mol. The zero-order chi connectivity index (χ0) is 21.5. The van der Waals surface area contributed by atoms with Crippen LogP contribution in [0.15, 0.2) is 66.9 Å². The van der Waals surface area contributed by atoms with Gasteiger partial charge in [-0.2, -0.15) is 0 Å². The van der Waals surface area contributed by atoms with Gasteiger partial charge in [0, 0.05) is 36.4 Å². The van der Waals surface area contributed by atoms with Gasteiger partial charge in [-0.15, -0.1) is 0 Å². The predicted octanol–water partition coefficient (Wildman–Crippen LogP) is 4.08. The van der Waals surface area contributed by atoms with Crippen LogP contribution < -0.4 is 15.0 Å². The minimum Gasteiger partial charge on any atom is -0.488 e. The number of ether oxygens (including phenoxy) is 2. The van der Waals surface area contributed by atoms with Gasteiger partial charge in [0.2, 0.25) is 0 Å². The van der Waals surface area contributed by atoms with Crippen molar-refractivity contribution in [3.8, 4) is 5.75 Å². The van der Waals surface area contributed by atoms with Gasteiger partial charge in [-0.05, 0) is 35.9 Å². The lowest BCUT2D eigenvalue weighted by Gasteiger charge is -2.28. The second kappa shape index (κ2) is 10.3. The summed E-state index contributed by atoms with van der Waals surface area (Å²) in [4.78, 5) is 19.5. The molecule has 2 heterocycles. The highest BCUT2D eigenvalue weighted by Gasteiger charge is 2.15. The minimum atomic E-state index is -0.195. The molecule has 7 heteroatoms. The molecule has 31 heavy (non-hydrogen) atoms. The van der Waals surface area contributed by atoms with Crippen molar-refractivity contribution in [2.75, 3.05) is 31.2 Å². The van der Waals surface area contributed by atoms with Crippen molar-refractivity contribution in [3.63, 3.8) is 0 Å². The number of carbonyl (C=O) groups excluding carboxylic acids is 1. The maximum Gasteiger partial charge on any atom is 0.255 e. The van der Waals surface area contributed by atoms with E-state index in [0.29, 0.717) is 36.1 Å². The van der Waals surface area contributed by atoms with Crippen molar-refractivity contribution in [1.29, 1.82) is 0 Å². The van der Waals surface area contributed by atoms with Gasteiger partial charge in [0.15, 0.2) is 0 Å². The van der Waals surface area contributed by atoms with Crippen LogP contribution >= 0.6 is 11.6 Å². The second-order valence-electron chi connectivity index (χ2n) is 7.18. The third-order valence-corrected chi connectivity index (χ3v) is 5.44. The number of pyridine rings is 1. The first-order valence-electron chi connectivity index (χ1n) is 10.2. The van der Waals surface area contributed by atoms with E-state index in [1.165, 1.54) is 0 Å². The number of carbonyl (C=O) groups is 1. The summed E-state index contributed by atoms with van der Waals surface area (Å²) < 4.78 is 11.3. The van der Waals surface area contributed by atoms with Crippen LogP contribution in [0.2, 0.25) is 5.02 Å². The molecule has 1 aliphatic heterocycles. The fourth-order valence-corrected chi connectivity index (χ4v) is 3.55. The van der Waals surface area contributed by atoms with Crippen molar-refractivity contribution >= 4 is 23.3 Å². The highest BCUT2D eigenvalue weighted by molar-refractivity contribution is 6.31. The molecule has 4 rings (SSSR count). The zero-order valence-electron chi connectivity index (χ0n) is 17.1. The van der Waals surface area contributed by atoms with E-state index in [4.69, 9.17) is 21.1 Å². The van der Waals surface area contributed by atoms with Gasteiger partial charge in [-0.3, -0.25) is 4.79 Å². The number of nitrogens with one attached hydrogen (secondary N) is 1. The number of amides is 1. The molecule has 0 unspecified atom stereocenters. The lowest BCUT2D eigenvalue weighted by atomic mass is 10.1. The molecular weight excluding hydrogens is 414 g/mol. The molecule has 2 aromatic carbocycles. The normalized spacial score (nSPS) is 13.6. The molecule has 0 atom stereocenters. The minimum absolute atomic E-state index is 0.195. The standard InChI is InChI=1S/C24H24ClN3O3/c25-21-7-3-1-5-19(21)17-31-22-8-4-2-6-20(22)24(29)27-16-18-9-10-26-23(15-18)28-11-13-30-14-12-28/h1-10,15H,11-14,16-17H2,(H,27,29). The van der Waals surface area contributed by atoms with Crippen molar-refractivity contribution in [2.45, 2.75) is 13.2 Å². The van der Waals surface area contributed by atoms with Gasteiger partial charge >= 0.3 is 0 Å². The van der Waals surface area contributed by atoms with E-state index in [2.05, 4.69) is 15.2 Å². The molecule has 6 nitrogen and oxygen atoms in total. The summed E-state index contributed by atoms with van der Waals surface area (Å²) in [7, 11) is 0. The molecule has 1 amide bonds. The quantitative estimate of drug-likeness (QED) is 0.603. The number of aromatic nitrogens is 1. The average Bonchev–Trinajstić information content (AvgIpc) is 2.83. The Bertz CT molecular complexity index is 1040. The monoisotopic (exact) mass is 437 g/mol. The number of hydrogen-bond acceptors (Lipinski definition) is 5. The van der Waals surface area contributed by atoms with E-state index >= 15 is 0 Å². The third-order valence-electron chi connectivity index (χ3n) is 5.07. The van der Waals surface area contributed by atoms with E-state index < -0.39 is 0 Å². The lowest BCUT2D eigenvalue weighted by Crippen LogP contribution is -2.36. The van der Waals surface area contributed by atoms with Crippen LogP contribution in [0.4, 0.5) is 5.82 Å². The molecule has 0 saturated carbocycles. The summed E-state index contributed by atoms with van der Waals surface area (Å²) in [6.45, 7) is 3.73. The van der Waals surface area contributed by atoms with Gasteiger partial charge in [0.25, 0.3) is 5.91 Å². The second-order valence-corrected chi connectivity index (χ2v) is 7.59. The molecule has 0 aliphatic carbocycles. The Balaban J connectivity index is 1.39. The van der Waals surface area contributed by atoms with Crippen LogP contribution in [0.5, 0.6) is 5.75 Å². The molecule has 1 fully saturated rings. The molecule has 1 saturated heterocycles. The Kier molecular flexibility index (Phi) is 7.02. The maximum absolute atomic E-state index is 12.8. The van der Waals surface area contributed by atoms with Crippen molar-refractivity contribution in [1.82, 2.24) is 10.3 Å². The van der Waals surface area contributed by atoms with Gasteiger partial charge in [0.1, 0.15) is 18.2 Å². The highest BCUT2D eigenvalue weighted by atomic mass is 35.5. The first kappa shape index (κ1) is 21.2. The van der Waals surface area contributed by atoms with Gasteiger partial charge in [0.05, 0.1) is 18.8 Å². The highest BCUT2D eigenvalue weighted by Crippen LogP contribution is 2.22. The fourth-order valence-electron chi connectivity index (χ4n) is 3.36. The Morgan fingerprint density at radius 3 is 2.71 bits per heavy atom. The Hall–Kier alpha value is -3.09. The summed E-state index contributed by atoms with van der Waals surface area (Å²) in [6, 6.07) is 18.6. The molecule has 0 spiro atoms. The number of rotatable bonds is 7. The number of para-hydroxylation sites is 1. The first-order valence-corrected chi connectivity index (χ1v) is 10.6. The van der Waals surface area contributed by atoms with Gasteiger partial charge in [-0.1, -0.05) is 41.9 Å². The van der Waals surface area contributed by atoms with E-state index in [1.54, 1.807) is 18.3 Å². The van der Waals surface area contributed by atoms with Gasteiger partial charge < -0.3 is 19.7 Å². The van der Waals surface area contributed by atoms with Crippen LogP contribution in [0.3, 0.4) is 0 Å². The van der Waals surface area contributed by atoms with E-state index in [0.717, 1.165) is 30.0 Å². The summed E-state index contributed by atoms with van der Waals surface area (Å²) in [5.74, 6) is 1.22. The SMILES string of the molecule is O=C(NCc1ccnc(N2CCOCC2)c1)c1ccccc1OCc1ccccc1Cl. The van der Waals surface area contributed by atoms with Crippen LogP contribution in [0.1, 0.15) is 21.5 Å². The number of halogens is 1. The summed E-state index contributed by atoms with van der Waals surface area (Å²) in [6.07, 6.45) is 1.77. The summed E-state index contributed by atoms with van der Waals surface area (Å²) in [5.41, 5.74) is 2.34. The van der Waals surface area contributed by atoms with Crippen molar-refractivity contribution in [3.05, 3.63) is 88.6 Å². The lowest BCUT2D eigenvalue weighted by molar-refractivity contribution is 0.0946. The van der Waals surface area contributed by atoms with Crippen LogP contribution in [-0.4, -0.2) is 37.2 Å². The number of nitrogens with zero attached hydrogens (tertiary/aromatic N) is 2. The number of benzene rings is 2. The molecule has 1 aliphatic rings. The molecule has 160 valence electrons. The smallest absolute Gasteiger partial charge is 0.255 e. The predicted molar refractivity (Wildman–Crippen MR) is 121 cm³/mol. The maximum atomic E-state index is 12.8. The number of hydrogen-bond donors (Lipinski definition) is 1. The van der Waals surface area contributed by atoms with E-state index in [9.17, 15) is 4.79 Å². The Morgan fingerprint density at radius 1 is 1.10 bits per heavy atom. The Labute approximate surface area is 186 Å². The van der Waals surface area contributed by atoms with Crippen LogP contribution in [-0.2, 0) is 17.9 Å². The van der Waals surface area contributed by atoms with E-state index in [-0.39, 0.29) is 12.5 Å². The third kappa shape index (κ3) is 5.54.